The Hall–Kier alpha value is -0.120. The lowest BCUT2D eigenvalue weighted by Crippen LogP contribution is -2.46. The normalized spacial score (nSPS) is 27.9. The molecule has 0 bridgehead atoms. The van der Waals surface area contributed by atoms with E-state index in [1.54, 1.807) is 0 Å². The number of hydrogen-bond donors (Lipinski definition) is 1. The molecule has 1 aliphatic heterocycles. The highest BCUT2D eigenvalue weighted by atomic mass is 16.5. The zero-order chi connectivity index (χ0) is 9.90. The van der Waals surface area contributed by atoms with Crippen molar-refractivity contribution >= 4 is 0 Å². The molecule has 1 heterocycles. The van der Waals surface area contributed by atoms with E-state index in [1.165, 1.54) is 0 Å². The topological polar surface area (TPSA) is 44.5 Å². The molecule has 0 aromatic carbocycles. The van der Waals surface area contributed by atoms with Crippen molar-refractivity contribution in [1.82, 2.24) is 0 Å². The molecular formula is C10H21NO2. The molecule has 1 fully saturated rings. The number of ether oxygens (including phenoxy) is 2. The smallest absolute Gasteiger partial charge is 0.0830 e. The molecule has 2 atom stereocenters. The fourth-order valence-electron chi connectivity index (χ4n) is 1.87. The highest BCUT2D eigenvalue weighted by molar-refractivity contribution is 4.87. The quantitative estimate of drug-likeness (QED) is 0.718. The van der Waals surface area contributed by atoms with Gasteiger partial charge in [-0.15, -0.1) is 0 Å². The van der Waals surface area contributed by atoms with Crippen molar-refractivity contribution in [3.05, 3.63) is 0 Å². The molecule has 0 amide bonds. The van der Waals surface area contributed by atoms with Gasteiger partial charge in [0.15, 0.2) is 0 Å². The van der Waals surface area contributed by atoms with Gasteiger partial charge in [-0.25, -0.2) is 0 Å². The van der Waals surface area contributed by atoms with Crippen LogP contribution in [0.25, 0.3) is 0 Å². The van der Waals surface area contributed by atoms with Crippen LogP contribution in [-0.4, -0.2) is 31.5 Å². The summed E-state index contributed by atoms with van der Waals surface area (Å²) >= 11 is 0. The third-order valence-corrected chi connectivity index (χ3v) is 2.70. The second-order valence-corrected chi connectivity index (χ2v) is 4.24. The van der Waals surface area contributed by atoms with E-state index in [9.17, 15) is 0 Å². The Morgan fingerprint density at radius 2 is 2.31 bits per heavy atom. The summed E-state index contributed by atoms with van der Waals surface area (Å²) < 4.78 is 11.2. The molecule has 0 aromatic rings. The Labute approximate surface area is 80.6 Å². The van der Waals surface area contributed by atoms with Crippen molar-refractivity contribution in [2.75, 3.05) is 19.8 Å². The summed E-state index contributed by atoms with van der Waals surface area (Å²) in [4.78, 5) is 0. The summed E-state index contributed by atoms with van der Waals surface area (Å²) in [5, 5.41) is 0. The Balaban J connectivity index is 2.55. The zero-order valence-electron chi connectivity index (χ0n) is 8.88. The highest BCUT2D eigenvalue weighted by Crippen LogP contribution is 2.29. The lowest BCUT2D eigenvalue weighted by atomic mass is 9.88. The van der Waals surface area contributed by atoms with Crippen LogP contribution in [0.2, 0.25) is 0 Å². The van der Waals surface area contributed by atoms with Gasteiger partial charge in [0.25, 0.3) is 0 Å². The molecule has 0 radical (unpaired) electrons. The van der Waals surface area contributed by atoms with Gasteiger partial charge in [0.2, 0.25) is 0 Å². The first kappa shape index (κ1) is 11.0. The van der Waals surface area contributed by atoms with Crippen molar-refractivity contribution in [2.24, 2.45) is 11.7 Å². The summed E-state index contributed by atoms with van der Waals surface area (Å²) in [6.07, 6.45) is 1.30. The van der Waals surface area contributed by atoms with E-state index in [-0.39, 0.29) is 11.7 Å². The minimum atomic E-state index is -0.204. The molecular weight excluding hydrogens is 166 g/mol. The Morgan fingerprint density at radius 3 is 2.69 bits per heavy atom. The molecule has 1 saturated heterocycles. The van der Waals surface area contributed by atoms with Crippen LogP contribution in [0.4, 0.5) is 0 Å². The summed E-state index contributed by atoms with van der Waals surface area (Å²) in [6, 6.07) is 0. The molecule has 0 aliphatic carbocycles. The van der Waals surface area contributed by atoms with Gasteiger partial charge in [0.05, 0.1) is 18.3 Å². The fraction of sp³-hybridized carbons (Fsp3) is 1.00. The van der Waals surface area contributed by atoms with Gasteiger partial charge in [-0.2, -0.15) is 0 Å². The van der Waals surface area contributed by atoms with Gasteiger partial charge in [-0.05, 0) is 27.2 Å². The van der Waals surface area contributed by atoms with E-state index >= 15 is 0 Å². The summed E-state index contributed by atoms with van der Waals surface area (Å²) in [5.74, 6) is 0.458. The third kappa shape index (κ3) is 2.66. The van der Waals surface area contributed by atoms with Crippen LogP contribution in [0.1, 0.15) is 27.2 Å². The molecule has 2 N–H and O–H groups in total. The van der Waals surface area contributed by atoms with E-state index in [4.69, 9.17) is 15.2 Å². The molecule has 3 heteroatoms. The number of hydrogen-bond acceptors (Lipinski definition) is 3. The summed E-state index contributed by atoms with van der Waals surface area (Å²) in [5.41, 5.74) is 5.55. The first-order valence-electron chi connectivity index (χ1n) is 5.04. The van der Waals surface area contributed by atoms with Gasteiger partial charge in [-0.3, -0.25) is 0 Å². The highest BCUT2D eigenvalue weighted by Gasteiger charge is 2.37. The molecule has 1 rings (SSSR count). The summed E-state index contributed by atoms with van der Waals surface area (Å²) in [6.45, 7) is 8.39. The van der Waals surface area contributed by atoms with E-state index < -0.39 is 0 Å². The van der Waals surface area contributed by atoms with Crippen LogP contribution < -0.4 is 5.73 Å². The van der Waals surface area contributed by atoms with Crippen LogP contribution in [0.5, 0.6) is 0 Å². The molecule has 2 unspecified atom stereocenters. The molecule has 0 aromatic heterocycles. The second-order valence-electron chi connectivity index (χ2n) is 4.24. The van der Waals surface area contributed by atoms with Gasteiger partial charge < -0.3 is 15.2 Å². The minimum absolute atomic E-state index is 0.204. The SMILES string of the molecule is CC(C)OC(C)(CN)C1CCOC1. The number of rotatable bonds is 4. The average Bonchev–Trinajstić information content (AvgIpc) is 2.55. The fourth-order valence-corrected chi connectivity index (χ4v) is 1.87. The van der Waals surface area contributed by atoms with Crippen molar-refractivity contribution in [3.8, 4) is 0 Å². The van der Waals surface area contributed by atoms with E-state index in [2.05, 4.69) is 6.92 Å². The first-order valence-corrected chi connectivity index (χ1v) is 5.04. The lowest BCUT2D eigenvalue weighted by Gasteiger charge is -2.35. The Bertz CT molecular complexity index is 155. The van der Waals surface area contributed by atoms with Crippen LogP contribution in [0.3, 0.4) is 0 Å². The standard InChI is InChI=1S/C10H21NO2/c1-8(2)13-10(3,7-11)9-4-5-12-6-9/h8-9H,4-7,11H2,1-3H3. The van der Waals surface area contributed by atoms with E-state index in [0.29, 0.717) is 12.5 Å². The van der Waals surface area contributed by atoms with Crippen LogP contribution >= 0.6 is 0 Å². The second kappa shape index (κ2) is 4.40. The molecule has 3 nitrogen and oxygen atoms in total. The van der Waals surface area contributed by atoms with Crippen LogP contribution in [0.15, 0.2) is 0 Å². The van der Waals surface area contributed by atoms with E-state index in [0.717, 1.165) is 19.6 Å². The van der Waals surface area contributed by atoms with Gasteiger partial charge in [0, 0.05) is 19.1 Å². The maximum absolute atomic E-state index is 5.87. The monoisotopic (exact) mass is 187 g/mol. The minimum Gasteiger partial charge on any atom is -0.381 e. The van der Waals surface area contributed by atoms with Gasteiger partial charge in [0.1, 0.15) is 0 Å². The first-order chi connectivity index (χ1) is 6.08. The molecule has 78 valence electrons. The average molecular weight is 187 g/mol. The summed E-state index contributed by atoms with van der Waals surface area (Å²) in [7, 11) is 0. The zero-order valence-corrected chi connectivity index (χ0v) is 8.88. The maximum atomic E-state index is 5.87. The van der Waals surface area contributed by atoms with E-state index in [1.807, 2.05) is 13.8 Å². The molecule has 0 saturated carbocycles. The van der Waals surface area contributed by atoms with Crippen molar-refractivity contribution < 1.29 is 9.47 Å². The molecule has 0 spiro atoms. The van der Waals surface area contributed by atoms with Crippen LogP contribution in [-0.2, 0) is 9.47 Å². The van der Waals surface area contributed by atoms with Gasteiger partial charge >= 0.3 is 0 Å². The number of nitrogens with two attached hydrogens (primary N) is 1. The third-order valence-electron chi connectivity index (χ3n) is 2.70. The molecule has 13 heavy (non-hydrogen) atoms. The largest absolute Gasteiger partial charge is 0.381 e. The van der Waals surface area contributed by atoms with Crippen molar-refractivity contribution in [1.29, 1.82) is 0 Å². The lowest BCUT2D eigenvalue weighted by molar-refractivity contribution is -0.0984. The van der Waals surface area contributed by atoms with Crippen molar-refractivity contribution in [2.45, 2.75) is 38.9 Å². The predicted octanol–water partition coefficient (Wildman–Crippen LogP) is 1.17. The predicted molar refractivity (Wildman–Crippen MR) is 52.6 cm³/mol. The van der Waals surface area contributed by atoms with Crippen LogP contribution in [0, 0.1) is 5.92 Å². The van der Waals surface area contributed by atoms with Crippen molar-refractivity contribution in [3.63, 3.8) is 0 Å². The van der Waals surface area contributed by atoms with Gasteiger partial charge in [-0.1, -0.05) is 0 Å². The Kier molecular flexibility index (Phi) is 3.71. The Morgan fingerprint density at radius 1 is 1.62 bits per heavy atom. The maximum Gasteiger partial charge on any atom is 0.0830 e. The molecule has 1 aliphatic rings.